The molecule has 0 amide bonds. The molecule has 1 fully saturated rings. The summed E-state index contributed by atoms with van der Waals surface area (Å²) < 4.78 is 10.1. The Kier molecular flexibility index (Phi) is 5.26. The van der Waals surface area contributed by atoms with E-state index >= 15 is 0 Å². The number of rotatable bonds is 4. The SMILES string of the molecule is CC#CCn1c(N2CCCC(N)C2)nc2c1c(=O)n(Cc1nc3ccccc3o1)c(=O)n2C. The Morgan fingerprint density at radius 3 is 2.79 bits per heavy atom. The monoisotopic (exact) mass is 447 g/mol. The van der Waals surface area contributed by atoms with Gasteiger partial charge >= 0.3 is 5.69 Å². The lowest BCUT2D eigenvalue weighted by Gasteiger charge is -2.31. The van der Waals surface area contributed by atoms with E-state index in [4.69, 9.17) is 15.1 Å². The molecule has 2 N–H and O–H groups in total. The van der Waals surface area contributed by atoms with Crippen molar-refractivity contribution in [2.75, 3.05) is 18.0 Å². The zero-order chi connectivity index (χ0) is 23.1. The van der Waals surface area contributed by atoms with Crippen molar-refractivity contribution in [3.63, 3.8) is 0 Å². The van der Waals surface area contributed by atoms with Crippen molar-refractivity contribution < 1.29 is 4.42 Å². The molecule has 1 unspecified atom stereocenters. The number of para-hydroxylation sites is 2. The number of aryl methyl sites for hydroxylation is 1. The summed E-state index contributed by atoms with van der Waals surface area (Å²) in [6, 6.07) is 7.34. The molecule has 4 heterocycles. The van der Waals surface area contributed by atoms with Gasteiger partial charge in [-0.25, -0.2) is 14.3 Å². The molecular weight excluding hydrogens is 422 g/mol. The van der Waals surface area contributed by atoms with Gasteiger partial charge in [0.15, 0.2) is 16.7 Å². The molecule has 33 heavy (non-hydrogen) atoms. The summed E-state index contributed by atoms with van der Waals surface area (Å²) in [6.45, 7) is 3.36. The second kappa shape index (κ2) is 8.26. The number of aromatic nitrogens is 5. The summed E-state index contributed by atoms with van der Waals surface area (Å²) in [7, 11) is 1.61. The lowest BCUT2D eigenvalue weighted by atomic mass is 10.1. The maximum atomic E-state index is 13.6. The molecule has 0 bridgehead atoms. The van der Waals surface area contributed by atoms with Gasteiger partial charge in [-0.3, -0.25) is 13.9 Å². The number of benzene rings is 1. The van der Waals surface area contributed by atoms with Crippen LogP contribution in [0.25, 0.3) is 22.3 Å². The molecule has 3 aromatic heterocycles. The van der Waals surface area contributed by atoms with Crippen molar-refractivity contribution in [3.05, 3.63) is 51.0 Å². The van der Waals surface area contributed by atoms with E-state index in [2.05, 4.69) is 21.7 Å². The van der Waals surface area contributed by atoms with E-state index in [1.54, 1.807) is 24.6 Å². The molecule has 0 spiro atoms. The fourth-order valence-electron chi connectivity index (χ4n) is 4.36. The normalized spacial score (nSPS) is 16.3. The van der Waals surface area contributed by atoms with Crippen molar-refractivity contribution in [3.8, 4) is 11.8 Å². The molecule has 4 aromatic rings. The van der Waals surface area contributed by atoms with Crippen molar-refractivity contribution in [2.24, 2.45) is 12.8 Å². The van der Waals surface area contributed by atoms with Crippen LogP contribution in [0.3, 0.4) is 0 Å². The molecule has 0 radical (unpaired) electrons. The third-order valence-corrected chi connectivity index (χ3v) is 6.00. The van der Waals surface area contributed by atoms with E-state index in [1.807, 2.05) is 18.2 Å². The van der Waals surface area contributed by atoms with Crippen LogP contribution in [0, 0.1) is 11.8 Å². The van der Waals surface area contributed by atoms with Gasteiger partial charge in [-0.1, -0.05) is 18.1 Å². The molecular formula is C23H25N7O3. The fourth-order valence-corrected chi connectivity index (χ4v) is 4.36. The number of hydrogen-bond donors (Lipinski definition) is 1. The highest BCUT2D eigenvalue weighted by Gasteiger charge is 2.26. The number of piperidine rings is 1. The molecule has 10 heteroatoms. The summed E-state index contributed by atoms with van der Waals surface area (Å²) in [5.74, 6) is 6.81. The van der Waals surface area contributed by atoms with Crippen molar-refractivity contribution in [1.29, 1.82) is 0 Å². The van der Waals surface area contributed by atoms with Crippen LogP contribution in [0.15, 0.2) is 38.3 Å². The molecule has 0 saturated carbocycles. The van der Waals surface area contributed by atoms with Crippen molar-refractivity contribution in [2.45, 2.75) is 38.9 Å². The molecule has 5 rings (SSSR count). The maximum Gasteiger partial charge on any atom is 0.332 e. The van der Waals surface area contributed by atoms with Crippen LogP contribution in [0.1, 0.15) is 25.7 Å². The third-order valence-electron chi connectivity index (χ3n) is 6.00. The van der Waals surface area contributed by atoms with Gasteiger partial charge in [-0.2, -0.15) is 4.98 Å². The van der Waals surface area contributed by atoms with Crippen LogP contribution < -0.4 is 21.9 Å². The van der Waals surface area contributed by atoms with E-state index in [1.165, 1.54) is 4.57 Å². The Labute approximate surface area is 189 Å². The standard InChI is InChI=1S/C23H25N7O3/c1-3-4-12-29-19-20(26-22(29)28-11-7-8-15(24)13-28)27(2)23(32)30(21(19)31)14-18-25-16-9-5-6-10-17(16)33-18/h5-6,9-10,15H,7-8,11-14,24H2,1-2H3. The quantitative estimate of drug-likeness (QED) is 0.465. The van der Waals surface area contributed by atoms with Crippen LogP contribution >= 0.6 is 0 Å². The zero-order valence-corrected chi connectivity index (χ0v) is 18.6. The highest BCUT2D eigenvalue weighted by atomic mass is 16.3. The minimum absolute atomic E-state index is 0.0314. The fraction of sp³-hybridized carbons (Fsp3) is 0.391. The lowest BCUT2D eigenvalue weighted by molar-refractivity contribution is 0.491. The first-order valence-corrected chi connectivity index (χ1v) is 10.9. The van der Waals surface area contributed by atoms with E-state index in [0.29, 0.717) is 34.8 Å². The number of oxazole rings is 1. The van der Waals surface area contributed by atoms with Gasteiger partial charge in [-0.15, -0.1) is 5.92 Å². The van der Waals surface area contributed by atoms with E-state index in [-0.39, 0.29) is 25.0 Å². The summed E-state index contributed by atoms with van der Waals surface area (Å²) in [4.78, 5) is 37.9. The first kappa shape index (κ1) is 21.0. The average Bonchev–Trinajstić information content (AvgIpc) is 3.40. The van der Waals surface area contributed by atoms with Crippen LogP contribution in [0.4, 0.5) is 5.95 Å². The summed E-state index contributed by atoms with van der Waals surface area (Å²) >= 11 is 0. The predicted molar refractivity (Wildman–Crippen MR) is 125 cm³/mol. The van der Waals surface area contributed by atoms with Gasteiger partial charge in [0.2, 0.25) is 11.8 Å². The van der Waals surface area contributed by atoms with Crippen LogP contribution in [0.2, 0.25) is 0 Å². The van der Waals surface area contributed by atoms with Gasteiger partial charge in [0.05, 0.1) is 6.54 Å². The molecule has 1 saturated heterocycles. The summed E-state index contributed by atoms with van der Waals surface area (Å²) in [5.41, 5.74) is 7.18. The first-order valence-electron chi connectivity index (χ1n) is 10.9. The van der Waals surface area contributed by atoms with Gasteiger partial charge in [0, 0.05) is 26.2 Å². The second-order valence-electron chi connectivity index (χ2n) is 8.25. The summed E-state index contributed by atoms with van der Waals surface area (Å²) in [5, 5.41) is 0. The number of imidazole rings is 1. The Hall–Kier alpha value is -3.84. The molecule has 1 atom stereocenters. The van der Waals surface area contributed by atoms with E-state index < -0.39 is 11.2 Å². The van der Waals surface area contributed by atoms with Gasteiger partial charge < -0.3 is 15.1 Å². The number of nitrogens with zero attached hydrogens (tertiary/aromatic N) is 6. The zero-order valence-electron chi connectivity index (χ0n) is 18.6. The average molecular weight is 447 g/mol. The minimum Gasteiger partial charge on any atom is -0.439 e. The third kappa shape index (κ3) is 3.60. The lowest BCUT2D eigenvalue weighted by Crippen LogP contribution is -2.44. The highest BCUT2D eigenvalue weighted by Crippen LogP contribution is 2.23. The number of anilines is 1. The summed E-state index contributed by atoms with van der Waals surface area (Å²) in [6.07, 6.45) is 1.88. The highest BCUT2D eigenvalue weighted by molar-refractivity contribution is 5.75. The Balaban J connectivity index is 1.68. The molecule has 0 aliphatic carbocycles. The van der Waals surface area contributed by atoms with Crippen LogP contribution in [-0.4, -0.2) is 42.8 Å². The largest absolute Gasteiger partial charge is 0.439 e. The van der Waals surface area contributed by atoms with Crippen LogP contribution in [-0.2, 0) is 20.1 Å². The first-order chi connectivity index (χ1) is 16.0. The number of hydrogen-bond acceptors (Lipinski definition) is 7. The minimum atomic E-state index is -0.483. The predicted octanol–water partition coefficient (Wildman–Crippen LogP) is 1.04. The number of fused-ring (bicyclic) bond motifs is 2. The Morgan fingerprint density at radius 2 is 2.03 bits per heavy atom. The number of nitrogens with two attached hydrogens (primary N) is 1. The van der Waals surface area contributed by atoms with Gasteiger partial charge in [0.1, 0.15) is 12.1 Å². The van der Waals surface area contributed by atoms with Gasteiger partial charge in [0.25, 0.3) is 5.56 Å². The Bertz CT molecular complexity index is 1500. The smallest absolute Gasteiger partial charge is 0.332 e. The maximum absolute atomic E-state index is 13.6. The Morgan fingerprint density at radius 1 is 1.21 bits per heavy atom. The van der Waals surface area contributed by atoms with Crippen molar-refractivity contribution in [1.82, 2.24) is 23.7 Å². The topological polar surface area (TPSA) is 117 Å². The molecule has 1 aliphatic heterocycles. The molecule has 170 valence electrons. The van der Waals surface area contributed by atoms with E-state index in [0.717, 1.165) is 24.0 Å². The van der Waals surface area contributed by atoms with E-state index in [9.17, 15) is 9.59 Å². The molecule has 1 aromatic carbocycles. The van der Waals surface area contributed by atoms with Gasteiger partial charge in [-0.05, 0) is 31.9 Å². The second-order valence-corrected chi connectivity index (χ2v) is 8.25. The molecule has 1 aliphatic rings. The molecule has 10 nitrogen and oxygen atoms in total. The van der Waals surface area contributed by atoms with Crippen molar-refractivity contribution >= 4 is 28.2 Å². The van der Waals surface area contributed by atoms with Crippen LogP contribution in [0.5, 0.6) is 0 Å².